The molecule has 0 bridgehead atoms. The van der Waals surface area contributed by atoms with E-state index in [1.807, 2.05) is 6.07 Å². The summed E-state index contributed by atoms with van der Waals surface area (Å²) in [6, 6.07) is 6.82. The molecule has 1 amide bonds. The third-order valence-corrected chi connectivity index (χ3v) is 5.45. The molecule has 1 unspecified atom stereocenters. The van der Waals surface area contributed by atoms with E-state index in [-0.39, 0.29) is 35.6 Å². The van der Waals surface area contributed by atoms with Gasteiger partial charge in [-0.1, -0.05) is 11.2 Å². The van der Waals surface area contributed by atoms with Gasteiger partial charge in [0.25, 0.3) is 12.3 Å². The lowest BCUT2D eigenvalue weighted by molar-refractivity contribution is 0.0114. The molecule has 32 heavy (non-hydrogen) atoms. The van der Waals surface area contributed by atoms with Crippen molar-refractivity contribution in [1.29, 1.82) is 0 Å². The Morgan fingerprint density at radius 2 is 2.09 bits per heavy atom. The third-order valence-electron chi connectivity index (χ3n) is 5.45. The second-order valence-electron chi connectivity index (χ2n) is 7.69. The van der Waals surface area contributed by atoms with Gasteiger partial charge in [-0.05, 0) is 51.2 Å². The minimum atomic E-state index is -3.26. The Balaban J connectivity index is 1.73. The first-order valence-corrected chi connectivity index (χ1v) is 10.1. The summed E-state index contributed by atoms with van der Waals surface area (Å²) in [4.78, 5) is 17.0. The molecular weight excluding hydrogens is 429 g/mol. The topological polar surface area (TPSA) is 111 Å². The number of hydrogen-bond acceptors (Lipinski definition) is 7. The molecule has 2 aromatic heterocycles. The van der Waals surface area contributed by atoms with Gasteiger partial charge in [-0.15, -0.1) is 0 Å². The number of piperidine rings is 1. The molecule has 12 heteroatoms. The molecule has 0 radical (unpaired) electrons. The molecule has 9 nitrogen and oxygen atoms in total. The van der Waals surface area contributed by atoms with Crippen LogP contribution in [0.15, 0.2) is 28.8 Å². The minimum absolute atomic E-state index is 0.0134. The molecular formula is C20H23F3N6O3. The second-order valence-corrected chi connectivity index (χ2v) is 7.69. The van der Waals surface area contributed by atoms with E-state index in [1.165, 1.54) is 0 Å². The van der Waals surface area contributed by atoms with Gasteiger partial charge >= 0.3 is 6.09 Å². The molecule has 0 spiro atoms. The maximum atomic E-state index is 14.7. The van der Waals surface area contributed by atoms with Crippen LogP contribution in [0.4, 0.5) is 23.7 Å². The lowest BCUT2D eigenvalue weighted by Crippen LogP contribution is -2.36. The fraction of sp³-hybridized carbons (Fsp3) is 0.450. The number of nitrogens with zero attached hydrogens (tertiary/aromatic N) is 4. The number of aromatic nitrogens is 3. The van der Waals surface area contributed by atoms with Gasteiger partial charge in [0, 0.05) is 17.1 Å². The number of likely N-dealkylation sites (tertiary alicyclic amines) is 1. The number of nitrogens with two attached hydrogens (primary N) is 1. The number of anilines is 1. The Morgan fingerprint density at radius 3 is 2.78 bits per heavy atom. The summed E-state index contributed by atoms with van der Waals surface area (Å²) in [7, 11) is 2.06. The lowest BCUT2D eigenvalue weighted by Gasteiger charge is -2.30. The van der Waals surface area contributed by atoms with Gasteiger partial charge in [0.05, 0.1) is 11.2 Å². The van der Waals surface area contributed by atoms with Gasteiger partial charge < -0.3 is 29.8 Å². The Bertz CT molecular complexity index is 1090. The number of alkyl halides is 3. The van der Waals surface area contributed by atoms with Crippen LogP contribution in [0.5, 0.6) is 0 Å². The van der Waals surface area contributed by atoms with E-state index in [9.17, 15) is 18.0 Å². The van der Waals surface area contributed by atoms with Crippen molar-refractivity contribution in [2.75, 3.05) is 25.5 Å². The lowest BCUT2D eigenvalue weighted by atomic mass is 10.0. The number of nitrogens with one attached hydrogen (secondary N) is 1. The van der Waals surface area contributed by atoms with Crippen LogP contribution in [0.3, 0.4) is 0 Å². The zero-order valence-electron chi connectivity index (χ0n) is 17.3. The average Bonchev–Trinajstić information content (AvgIpc) is 3.38. The number of carbonyl (C=O) groups excluding carboxylic acids is 1. The standard InChI is InChI=1S/C20H23F3N6O3/c1-28-7-5-11(6-8-28)25-13-3-2-4-14-12(13)9-15(29(14)18(23)17(21)22)19-26-16(32-27-19)10-31-20(24)30/h2-4,9,11,17-18,25H,5-8,10H2,1H3,(H2,24,30). The quantitative estimate of drug-likeness (QED) is 0.564. The van der Waals surface area contributed by atoms with E-state index in [0.29, 0.717) is 11.1 Å². The van der Waals surface area contributed by atoms with Crippen LogP contribution in [0, 0.1) is 0 Å². The van der Waals surface area contributed by atoms with Gasteiger partial charge in [0.15, 0.2) is 6.61 Å². The van der Waals surface area contributed by atoms with Crippen LogP contribution in [0.1, 0.15) is 25.0 Å². The number of fused-ring (bicyclic) bond motifs is 1. The van der Waals surface area contributed by atoms with Crippen LogP contribution in [-0.2, 0) is 11.3 Å². The first-order chi connectivity index (χ1) is 15.3. The van der Waals surface area contributed by atoms with Crippen molar-refractivity contribution in [3.63, 3.8) is 0 Å². The highest BCUT2D eigenvalue weighted by Gasteiger charge is 2.29. The molecule has 1 fully saturated rings. The van der Waals surface area contributed by atoms with Gasteiger partial charge in [0.2, 0.25) is 12.1 Å². The molecule has 4 rings (SSSR count). The van der Waals surface area contributed by atoms with Gasteiger partial charge in [0.1, 0.15) is 0 Å². The van der Waals surface area contributed by atoms with Crippen LogP contribution < -0.4 is 11.1 Å². The second kappa shape index (κ2) is 9.07. The molecule has 1 saturated heterocycles. The van der Waals surface area contributed by atoms with Crippen LogP contribution in [0.2, 0.25) is 0 Å². The van der Waals surface area contributed by atoms with Gasteiger partial charge in [-0.3, -0.25) is 0 Å². The highest BCUT2D eigenvalue weighted by molar-refractivity contribution is 5.96. The van der Waals surface area contributed by atoms with Gasteiger partial charge in [-0.25, -0.2) is 18.0 Å². The normalized spacial score (nSPS) is 16.5. The van der Waals surface area contributed by atoms with E-state index in [0.717, 1.165) is 30.5 Å². The number of primary amides is 1. The third kappa shape index (κ3) is 4.49. The first kappa shape index (κ1) is 21.9. The maximum absolute atomic E-state index is 14.7. The largest absolute Gasteiger partial charge is 0.440 e. The average molecular weight is 452 g/mol. The summed E-state index contributed by atoms with van der Waals surface area (Å²) in [6.07, 6.45) is -5.07. The number of halogens is 3. The molecule has 0 aliphatic carbocycles. The van der Waals surface area contributed by atoms with Crippen LogP contribution in [-0.4, -0.2) is 58.3 Å². The smallest absolute Gasteiger partial charge is 0.405 e. The van der Waals surface area contributed by atoms with Crippen molar-refractivity contribution in [2.24, 2.45) is 5.73 Å². The number of ether oxygens (including phenoxy) is 1. The van der Waals surface area contributed by atoms with Crippen molar-refractivity contribution >= 4 is 22.7 Å². The number of rotatable bonds is 7. The van der Waals surface area contributed by atoms with Crippen LogP contribution >= 0.6 is 0 Å². The Kier molecular flexibility index (Phi) is 6.21. The SMILES string of the molecule is CN1CCC(Nc2cccc3c2cc(-c2noc(COC(N)=O)n2)n3C(F)C(F)F)CC1. The summed E-state index contributed by atoms with van der Waals surface area (Å²) in [5.41, 5.74) is 5.90. The zero-order valence-corrected chi connectivity index (χ0v) is 17.3. The van der Waals surface area contributed by atoms with Crippen molar-refractivity contribution < 1.29 is 27.2 Å². The van der Waals surface area contributed by atoms with Crippen molar-refractivity contribution in [3.05, 3.63) is 30.2 Å². The summed E-state index contributed by atoms with van der Waals surface area (Å²) in [5.74, 6) is -0.217. The molecule has 1 aliphatic rings. The molecule has 3 N–H and O–H groups in total. The van der Waals surface area contributed by atoms with Crippen molar-refractivity contribution in [2.45, 2.75) is 38.2 Å². The fourth-order valence-electron chi connectivity index (χ4n) is 3.85. The van der Waals surface area contributed by atoms with Gasteiger partial charge in [-0.2, -0.15) is 4.98 Å². The summed E-state index contributed by atoms with van der Waals surface area (Å²) in [6.45, 7) is 1.49. The Hall–Kier alpha value is -3.28. The molecule has 172 valence electrons. The van der Waals surface area contributed by atoms with Crippen molar-refractivity contribution in [3.8, 4) is 11.5 Å². The molecule has 3 aromatic rings. The van der Waals surface area contributed by atoms with E-state index in [1.54, 1.807) is 18.2 Å². The summed E-state index contributed by atoms with van der Waals surface area (Å²) < 4.78 is 51.9. The summed E-state index contributed by atoms with van der Waals surface area (Å²) in [5, 5.41) is 7.76. The Morgan fingerprint density at radius 1 is 1.34 bits per heavy atom. The predicted molar refractivity (Wildman–Crippen MR) is 110 cm³/mol. The van der Waals surface area contributed by atoms with E-state index in [4.69, 9.17) is 10.3 Å². The number of hydrogen-bond donors (Lipinski definition) is 2. The monoisotopic (exact) mass is 452 g/mol. The number of benzene rings is 1. The van der Waals surface area contributed by atoms with E-state index in [2.05, 4.69) is 32.1 Å². The first-order valence-electron chi connectivity index (χ1n) is 10.1. The molecule has 0 saturated carbocycles. The van der Waals surface area contributed by atoms with Crippen LogP contribution in [0.25, 0.3) is 22.4 Å². The maximum Gasteiger partial charge on any atom is 0.405 e. The van der Waals surface area contributed by atoms with E-state index < -0.39 is 18.8 Å². The highest BCUT2D eigenvalue weighted by atomic mass is 19.3. The molecule has 1 atom stereocenters. The number of carbonyl (C=O) groups is 1. The zero-order chi connectivity index (χ0) is 22.8. The predicted octanol–water partition coefficient (Wildman–Crippen LogP) is 3.53. The minimum Gasteiger partial charge on any atom is -0.440 e. The number of amides is 1. The highest BCUT2D eigenvalue weighted by Crippen LogP contribution is 2.37. The van der Waals surface area contributed by atoms with Crippen molar-refractivity contribution in [1.82, 2.24) is 19.6 Å². The summed E-state index contributed by atoms with van der Waals surface area (Å²) >= 11 is 0. The molecule has 1 aromatic carbocycles. The molecule has 3 heterocycles. The Labute approximate surface area is 181 Å². The molecule has 1 aliphatic heterocycles. The fourth-order valence-corrected chi connectivity index (χ4v) is 3.85. The van der Waals surface area contributed by atoms with E-state index >= 15 is 0 Å².